The number of hydrogen-bond donors (Lipinski definition) is 1. The first-order valence-corrected chi connectivity index (χ1v) is 8.78. The minimum Gasteiger partial charge on any atom is -0.384 e. The highest BCUT2D eigenvalue weighted by atomic mass is 16.3. The van der Waals surface area contributed by atoms with Crippen molar-refractivity contribution < 1.29 is 5.11 Å². The molecule has 27 heavy (non-hydrogen) atoms. The molecule has 0 amide bonds. The molecule has 0 radical (unpaired) electrons. The van der Waals surface area contributed by atoms with E-state index in [1.165, 1.54) is 0 Å². The van der Waals surface area contributed by atoms with Crippen LogP contribution in [0.4, 0.5) is 0 Å². The number of benzene rings is 2. The Balaban J connectivity index is 1.72. The Morgan fingerprint density at radius 2 is 1.63 bits per heavy atom. The summed E-state index contributed by atoms with van der Waals surface area (Å²) in [4.78, 5) is 4.20. The second-order valence-electron chi connectivity index (χ2n) is 6.17. The van der Waals surface area contributed by atoms with E-state index in [4.69, 9.17) is 5.10 Å². The van der Waals surface area contributed by atoms with Crippen molar-refractivity contribution in [3.8, 4) is 16.9 Å². The van der Waals surface area contributed by atoms with Crippen molar-refractivity contribution in [3.63, 3.8) is 0 Å². The molecule has 4 rings (SSSR count). The van der Waals surface area contributed by atoms with Crippen LogP contribution < -0.4 is 0 Å². The van der Waals surface area contributed by atoms with E-state index in [0.717, 1.165) is 28.1 Å². The summed E-state index contributed by atoms with van der Waals surface area (Å²) in [6.07, 6.45) is 8.52. The van der Waals surface area contributed by atoms with Gasteiger partial charge in [0.2, 0.25) is 0 Å². The van der Waals surface area contributed by atoms with Gasteiger partial charge in [0, 0.05) is 29.7 Å². The molecule has 0 aliphatic rings. The summed E-state index contributed by atoms with van der Waals surface area (Å²) in [6.45, 7) is 0. The zero-order valence-electron chi connectivity index (χ0n) is 14.7. The third-order valence-corrected chi connectivity index (χ3v) is 4.30. The zero-order valence-corrected chi connectivity index (χ0v) is 14.7. The molecule has 0 aliphatic heterocycles. The molecule has 4 heteroatoms. The maximum atomic E-state index is 10.4. The summed E-state index contributed by atoms with van der Waals surface area (Å²) in [5.41, 5.74) is 4.50. The first-order valence-electron chi connectivity index (χ1n) is 8.78. The van der Waals surface area contributed by atoms with Crippen molar-refractivity contribution in [3.05, 3.63) is 109 Å². The number of para-hydroxylation sites is 1. The van der Waals surface area contributed by atoms with Crippen LogP contribution in [0.1, 0.15) is 17.2 Å². The summed E-state index contributed by atoms with van der Waals surface area (Å²) < 4.78 is 1.84. The van der Waals surface area contributed by atoms with E-state index in [9.17, 15) is 5.11 Å². The summed E-state index contributed by atoms with van der Waals surface area (Å²) in [5, 5.41) is 15.2. The lowest BCUT2D eigenvalue weighted by atomic mass is 10.1. The molecule has 2 aromatic heterocycles. The summed E-state index contributed by atoms with van der Waals surface area (Å²) >= 11 is 0. The van der Waals surface area contributed by atoms with Crippen molar-refractivity contribution in [2.45, 2.75) is 6.10 Å². The average Bonchev–Trinajstić information content (AvgIpc) is 3.18. The van der Waals surface area contributed by atoms with Gasteiger partial charge in [-0.2, -0.15) is 5.10 Å². The van der Waals surface area contributed by atoms with E-state index in [2.05, 4.69) is 4.98 Å². The van der Waals surface area contributed by atoms with Gasteiger partial charge in [-0.25, -0.2) is 4.68 Å². The summed E-state index contributed by atoms with van der Waals surface area (Å²) in [7, 11) is 0. The van der Waals surface area contributed by atoms with Gasteiger partial charge in [0.25, 0.3) is 0 Å². The monoisotopic (exact) mass is 353 g/mol. The van der Waals surface area contributed by atoms with Crippen molar-refractivity contribution in [2.24, 2.45) is 0 Å². The van der Waals surface area contributed by atoms with Crippen LogP contribution >= 0.6 is 0 Å². The van der Waals surface area contributed by atoms with Crippen molar-refractivity contribution in [1.82, 2.24) is 14.8 Å². The minimum absolute atomic E-state index is 0.673. The maximum Gasteiger partial charge on any atom is 0.101 e. The number of hydrogen-bond acceptors (Lipinski definition) is 3. The number of aliphatic hydroxyl groups is 1. The predicted octanol–water partition coefficient (Wildman–Crippen LogP) is 4.68. The fourth-order valence-electron chi connectivity index (χ4n) is 2.91. The van der Waals surface area contributed by atoms with Crippen molar-refractivity contribution >= 4 is 6.08 Å². The van der Waals surface area contributed by atoms with Gasteiger partial charge in [0.1, 0.15) is 5.69 Å². The highest BCUT2D eigenvalue weighted by Gasteiger charge is 2.11. The number of aliphatic hydroxyl groups excluding tert-OH is 1. The molecule has 0 spiro atoms. The number of aromatic nitrogens is 3. The van der Waals surface area contributed by atoms with Gasteiger partial charge in [-0.1, -0.05) is 60.7 Å². The Bertz CT molecular complexity index is 1030. The van der Waals surface area contributed by atoms with Crippen LogP contribution in [0.2, 0.25) is 0 Å². The third kappa shape index (κ3) is 3.86. The van der Waals surface area contributed by atoms with Gasteiger partial charge in [0.05, 0.1) is 11.8 Å². The van der Waals surface area contributed by atoms with E-state index in [1.807, 2.05) is 89.8 Å². The third-order valence-electron chi connectivity index (χ3n) is 4.30. The number of rotatable bonds is 5. The fraction of sp³-hybridized carbons (Fsp3) is 0.0435. The van der Waals surface area contributed by atoms with Gasteiger partial charge in [0.15, 0.2) is 0 Å². The first kappa shape index (κ1) is 16.9. The normalized spacial score (nSPS) is 12.3. The van der Waals surface area contributed by atoms with Crippen LogP contribution in [0.5, 0.6) is 0 Å². The van der Waals surface area contributed by atoms with Crippen LogP contribution in [0, 0.1) is 0 Å². The SMILES string of the molecule is OC(/C=C/c1cn(-c2ccccc2)nc1-c1cccnc1)c1ccccc1. The van der Waals surface area contributed by atoms with Crippen LogP contribution in [0.3, 0.4) is 0 Å². The average molecular weight is 353 g/mol. The Morgan fingerprint density at radius 1 is 0.889 bits per heavy atom. The molecule has 0 aliphatic carbocycles. The lowest BCUT2D eigenvalue weighted by molar-refractivity contribution is 0.229. The zero-order chi connectivity index (χ0) is 18.5. The van der Waals surface area contributed by atoms with Gasteiger partial charge in [-0.3, -0.25) is 4.98 Å². The first-order chi connectivity index (χ1) is 13.3. The molecule has 1 unspecified atom stereocenters. The van der Waals surface area contributed by atoms with Crippen LogP contribution in [-0.4, -0.2) is 19.9 Å². The molecule has 0 saturated carbocycles. The lowest BCUT2D eigenvalue weighted by Crippen LogP contribution is -1.94. The molecule has 2 heterocycles. The van der Waals surface area contributed by atoms with Gasteiger partial charge in [-0.05, 0) is 29.8 Å². The second kappa shape index (κ2) is 7.81. The smallest absolute Gasteiger partial charge is 0.101 e. The molecule has 1 atom stereocenters. The minimum atomic E-state index is -0.673. The molecular formula is C23H19N3O. The van der Waals surface area contributed by atoms with Gasteiger partial charge < -0.3 is 5.11 Å². The van der Waals surface area contributed by atoms with Crippen molar-refractivity contribution in [2.75, 3.05) is 0 Å². The Labute approximate surface area is 158 Å². The fourth-order valence-corrected chi connectivity index (χ4v) is 2.91. The number of nitrogens with zero attached hydrogens (tertiary/aromatic N) is 3. The maximum absolute atomic E-state index is 10.4. The van der Waals surface area contributed by atoms with E-state index < -0.39 is 6.10 Å². The lowest BCUT2D eigenvalue weighted by Gasteiger charge is -2.05. The Kier molecular flexibility index (Phi) is 4.90. The van der Waals surface area contributed by atoms with Crippen LogP contribution in [0.15, 0.2) is 97.5 Å². The second-order valence-corrected chi connectivity index (χ2v) is 6.17. The van der Waals surface area contributed by atoms with Crippen LogP contribution in [-0.2, 0) is 0 Å². The molecule has 4 nitrogen and oxygen atoms in total. The molecular weight excluding hydrogens is 334 g/mol. The molecule has 0 bridgehead atoms. The van der Waals surface area contributed by atoms with E-state index in [-0.39, 0.29) is 0 Å². The predicted molar refractivity (Wildman–Crippen MR) is 107 cm³/mol. The van der Waals surface area contributed by atoms with E-state index in [1.54, 1.807) is 18.5 Å². The molecule has 0 fully saturated rings. The van der Waals surface area contributed by atoms with E-state index in [0.29, 0.717) is 0 Å². The van der Waals surface area contributed by atoms with Crippen molar-refractivity contribution in [1.29, 1.82) is 0 Å². The van der Waals surface area contributed by atoms with E-state index >= 15 is 0 Å². The highest BCUT2D eigenvalue weighted by molar-refractivity contribution is 5.71. The quantitative estimate of drug-likeness (QED) is 0.567. The molecule has 132 valence electrons. The Hall–Kier alpha value is -3.50. The highest BCUT2D eigenvalue weighted by Crippen LogP contribution is 2.25. The molecule has 4 aromatic rings. The topological polar surface area (TPSA) is 50.9 Å². The number of pyridine rings is 1. The van der Waals surface area contributed by atoms with Gasteiger partial charge >= 0.3 is 0 Å². The molecule has 1 N–H and O–H groups in total. The van der Waals surface area contributed by atoms with Crippen LogP contribution in [0.25, 0.3) is 23.0 Å². The summed E-state index contributed by atoms with van der Waals surface area (Å²) in [5.74, 6) is 0. The molecule has 2 aromatic carbocycles. The summed E-state index contributed by atoms with van der Waals surface area (Å²) in [6, 6.07) is 23.4. The standard InChI is InChI=1S/C23H19N3O/c27-22(18-8-3-1-4-9-18)14-13-20-17-26(21-11-5-2-6-12-21)25-23(20)19-10-7-15-24-16-19/h1-17,22,27H/b14-13+. The van der Waals surface area contributed by atoms with Gasteiger partial charge in [-0.15, -0.1) is 0 Å². The molecule has 0 saturated heterocycles. The largest absolute Gasteiger partial charge is 0.384 e. The Morgan fingerprint density at radius 3 is 2.33 bits per heavy atom.